The van der Waals surface area contributed by atoms with Gasteiger partial charge in [-0.15, -0.1) is 11.3 Å². The molecule has 0 aliphatic carbocycles. The number of carbonyl (C=O) groups is 2. The van der Waals surface area contributed by atoms with Gasteiger partial charge in [-0.2, -0.15) is 0 Å². The number of hydrogen-bond acceptors (Lipinski definition) is 7. The Morgan fingerprint density at radius 2 is 1.86 bits per heavy atom. The third-order valence-corrected chi connectivity index (χ3v) is 6.44. The summed E-state index contributed by atoms with van der Waals surface area (Å²) in [5.41, 5.74) is 3.63. The predicted octanol–water partition coefficient (Wildman–Crippen LogP) is 2.39. The summed E-state index contributed by atoms with van der Waals surface area (Å²) in [5, 5.41) is 0. The van der Waals surface area contributed by atoms with Crippen LogP contribution >= 0.6 is 11.3 Å². The Morgan fingerprint density at radius 3 is 2.55 bits per heavy atom. The van der Waals surface area contributed by atoms with Crippen molar-refractivity contribution in [2.75, 3.05) is 32.8 Å². The second-order valence-electron chi connectivity index (χ2n) is 7.41. The van der Waals surface area contributed by atoms with E-state index >= 15 is 0 Å². The largest absolute Gasteiger partial charge is 0.378 e. The number of rotatable bonds is 3. The molecule has 4 rings (SSSR count). The van der Waals surface area contributed by atoms with Crippen molar-refractivity contribution >= 4 is 23.2 Å². The summed E-state index contributed by atoms with van der Waals surface area (Å²) in [4.78, 5) is 43.6. The fourth-order valence-corrected chi connectivity index (χ4v) is 4.63. The van der Waals surface area contributed by atoms with E-state index in [-0.39, 0.29) is 17.9 Å². The Labute approximate surface area is 173 Å². The molecule has 2 aliphatic rings. The van der Waals surface area contributed by atoms with E-state index < -0.39 is 0 Å². The number of aryl methyl sites for hydroxylation is 2. The van der Waals surface area contributed by atoms with Crippen molar-refractivity contribution in [3.05, 3.63) is 39.4 Å². The van der Waals surface area contributed by atoms with E-state index in [4.69, 9.17) is 4.74 Å². The summed E-state index contributed by atoms with van der Waals surface area (Å²) in [6.07, 6.45) is 4.42. The Bertz CT molecular complexity index is 909. The van der Waals surface area contributed by atoms with Crippen molar-refractivity contribution in [3.63, 3.8) is 0 Å². The van der Waals surface area contributed by atoms with E-state index in [0.29, 0.717) is 54.8 Å². The summed E-state index contributed by atoms with van der Waals surface area (Å²) < 4.78 is 5.32. The SMILES string of the molecule is Cc1nc(C2CCCCN2C(=O)c2scnc2C)ncc1C(=O)N1CCOCC1. The lowest BCUT2D eigenvalue weighted by Crippen LogP contribution is -2.41. The molecule has 0 radical (unpaired) electrons. The number of likely N-dealkylation sites (tertiary alicyclic amines) is 1. The minimum Gasteiger partial charge on any atom is -0.378 e. The summed E-state index contributed by atoms with van der Waals surface area (Å²) in [7, 11) is 0. The number of amides is 2. The average molecular weight is 416 g/mol. The van der Waals surface area contributed by atoms with Gasteiger partial charge in [-0.1, -0.05) is 0 Å². The van der Waals surface area contributed by atoms with Crippen LogP contribution in [0, 0.1) is 13.8 Å². The number of hydrogen-bond donors (Lipinski definition) is 0. The van der Waals surface area contributed by atoms with E-state index in [1.54, 1.807) is 16.6 Å². The minimum atomic E-state index is -0.177. The molecule has 4 heterocycles. The normalized spacial score (nSPS) is 20.0. The smallest absolute Gasteiger partial charge is 0.266 e. The van der Waals surface area contributed by atoms with Gasteiger partial charge in [0, 0.05) is 25.8 Å². The highest BCUT2D eigenvalue weighted by atomic mass is 32.1. The molecule has 29 heavy (non-hydrogen) atoms. The summed E-state index contributed by atoms with van der Waals surface area (Å²) >= 11 is 1.37. The van der Waals surface area contributed by atoms with Crippen molar-refractivity contribution in [2.45, 2.75) is 39.2 Å². The fourth-order valence-electron chi connectivity index (χ4n) is 3.87. The first-order valence-electron chi connectivity index (χ1n) is 9.98. The molecule has 8 nitrogen and oxygen atoms in total. The van der Waals surface area contributed by atoms with Gasteiger partial charge in [0.05, 0.1) is 41.7 Å². The molecule has 1 atom stereocenters. The van der Waals surface area contributed by atoms with Crippen LogP contribution < -0.4 is 0 Å². The van der Waals surface area contributed by atoms with Crippen molar-refractivity contribution in [1.82, 2.24) is 24.8 Å². The number of carbonyl (C=O) groups excluding carboxylic acids is 2. The van der Waals surface area contributed by atoms with Gasteiger partial charge in [0.2, 0.25) is 0 Å². The Hall–Kier alpha value is -2.39. The van der Waals surface area contributed by atoms with Gasteiger partial charge in [-0.3, -0.25) is 9.59 Å². The van der Waals surface area contributed by atoms with E-state index in [2.05, 4.69) is 15.0 Å². The van der Waals surface area contributed by atoms with E-state index in [9.17, 15) is 9.59 Å². The molecular formula is C20H25N5O3S. The lowest BCUT2D eigenvalue weighted by molar-refractivity contribution is 0.0301. The number of piperidine rings is 1. The molecule has 1 unspecified atom stereocenters. The highest BCUT2D eigenvalue weighted by Gasteiger charge is 2.32. The van der Waals surface area contributed by atoms with Crippen LogP contribution in [0.3, 0.4) is 0 Å². The number of aromatic nitrogens is 3. The van der Waals surface area contributed by atoms with E-state index in [1.807, 2.05) is 18.7 Å². The second kappa shape index (κ2) is 8.54. The lowest BCUT2D eigenvalue weighted by atomic mass is 10.0. The third-order valence-electron chi connectivity index (χ3n) is 5.53. The fraction of sp³-hybridized carbons (Fsp3) is 0.550. The molecular weight excluding hydrogens is 390 g/mol. The van der Waals surface area contributed by atoms with Gasteiger partial charge in [-0.25, -0.2) is 15.0 Å². The van der Waals surface area contributed by atoms with Crippen LogP contribution in [0.2, 0.25) is 0 Å². The summed E-state index contributed by atoms with van der Waals surface area (Å²) in [6, 6.07) is -0.177. The zero-order valence-electron chi connectivity index (χ0n) is 16.8. The maximum absolute atomic E-state index is 13.1. The Kier molecular flexibility index (Phi) is 5.86. The van der Waals surface area contributed by atoms with Crippen LogP contribution in [0.25, 0.3) is 0 Å². The molecule has 0 spiro atoms. The number of thiazole rings is 1. The monoisotopic (exact) mass is 415 g/mol. The molecule has 2 fully saturated rings. The predicted molar refractivity (Wildman–Crippen MR) is 108 cm³/mol. The average Bonchev–Trinajstić information content (AvgIpc) is 3.19. The van der Waals surface area contributed by atoms with E-state index in [0.717, 1.165) is 25.0 Å². The maximum Gasteiger partial charge on any atom is 0.266 e. The van der Waals surface area contributed by atoms with Crippen molar-refractivity contribution < 1.29 is 14.3 Å². The molecule has 2 aromatic rings. The van der Waals surface area contributed by atoms with Crippen LogP contribution in [0.1, 0.15) is 62.5 Å². The van der Waals surface area contributed by atoms with Gasteiger partial charge in [-0.05, 0) is 33.1 Å². The van der Waals surface area contributed by atoms with E-state index in [1.165, 1.54) is 11.3 Å². The Morgan fingerprint density at radius 1 is 1.07 bits per heavy atom. The molecule has 2 aliphatic heterocycles. The molecule has 2 amide bonds. The van der Waals surface area contributed by atoms with Crippen molar-refractivity contribution in [3.8, 4) is 0 Å². The maximum atomic E-state index is 13.1. The van der Waals surface area contributed by atoms with Gasteiger partial charge in [0.15, 0.2) is 5.82 Å². The highest BCUT2D eigenvalue weighted by molar-refractivity contribution is 7.11. The van der Waals surface area contributed by atoms with Gasteiger partial charge in [0.25, 0.3) is 11.8 Å². The molecule has 9 heteroatoms. The molecule has 2 saturated heterocycles. The zero-order chi connectivity index (χ0) is 20.4. The molecule has 0 bridgehead atoms. The molecule has 2 aromatic heterocycles. The summed E-state index contributed by atoms with van der Waals surface area (Å²) in [5.74, 6) is 0.537. The third kappa shape index (κ3) is 4.02. The molecule has 154 valence electrons. The summed E-state index contributed by atoms with van der Waals surface area (Å²) in [6.45, 7) is 6.65. The van der Waals surface area contributed by atoms with Gasteiger partial charge in [0.1, 0.15) is 4.88 Å². The number of ether oxygens (including phenoxy) is 1. The van der Waals surface area contributed by atoms with Crippen LogP contribution in [0.15, 0.2) is 11.7 Å². The second-order valence-corrected chi connectivity index (χ2v) is 8.26. The first kappa shape index (κ1) is 19.9. The Balaban J connectivity index is 1.57. The standard InChI is InChI=1S/C20H25N5O3S/c1-13-15(19(26)24-7-9-28-10-8-24)11-21-18(23-13)16-5-3-4-6-25(16)20(27)17-14(2)22-12-29-17/h11-12,16H,3-10H2,1-2H3. The quantitative estimate of drug-likeness (QED) is 0.765. The van der Waals surface area contributed by atoms with Gasteiger partial charge >= 0.3 is 0 Å². The van der Waals surface area contributed by atoms with Crippen molar-refractivity contribution in [1.29, 1.82) is 0 Å². The van der Waals surface area contributed by atoms with Crippen LogP contribution in [0.4, 0.5) is 0 Å². The lowest BCUT2D eigenvalue weighted by Gasteiger charge is -2.34. The first-order chi connectivity index (χ1) is 14.1. The molecule has 0 saturated carbocycles. The topological polar surface area (TPSA) is 88.5 Å². The van der Waals surface area contributed by atoms with Gasteiger partial charge < -0.3 is 14.5 Å². The highest BCUT2D eigenvalue weighted by Crippen LogP contribution is 2.31. The van der Waals surface area contributed by atoms with Crippen LogP contribution in [-0.4, -0.2) is 69.4 Å². The number of morpholine rings is 1. The number of nitrogens with zero attached hydrogens (tertiary/aromatic N) is 5. The molecule has 0 N–H and O–H groups in total. The zero-order valence-corrected chi connectivity index (χ0v) is 17.6. The van der Waals surface area contributed by atoms with Crippen LogP contribution in [-0.2, 0) is 4.74 Å². The van der Waals surface area contributed by atoms with Crippen LogP contribution in [0.5, 0.6) is 0 Å². The first-order valence-corrected chi connectivity index (χ1v) is 10.9. The molecule has 0 aromatic carbocycles. The van der Waals surface area contributed by atoms with Crippen molar-refractivity contribution in [2.24, 2.45) is 0 Å². The minimum absolute atomic E-state index is 0.00979.